The Balaban J connectivity index is 3.01. The van der Waals surface area contributed by atoms with Crippen LogP contribution in [0.1, 0.15) is 25.0 Å². The summed E-state index contributed by atoms with van der Waals surface area (Å²) in [6, 6.07) is 6.38. The van der Waals surface area contributed by atoms with E-state index < -0.39 is 17.8 Å². The number of benzene rings is 1. The molecule has 0 saturated carbocycles. The molecule has 0 spiro atoms. The Kier molecular flexibility index (Phi) is 4.25. The molecule has 80 valence electrons. The molecule has 0 bridgehead atoms. The SMILES string of the molecule is CCC(C#N)C(O)c1ccc(Br)cc1F. The van der Waals surface area contributed by atoms with E-state index in [2.05, 4.69) is 15.9 Å². The number of nitrogens with zero attached hydrogens (tertiary/aromatic N) is 1. The molecule has 0 heterocycles. The molecule has 0 aliphatic rings. The normalized spacial score (nSPS) is 14.3. The number of hydrogen-bond acceptors (Lipinski definition) is 2. The maximum atomic E-state index is 13.4. The number of halogens is 2. The first kappa shape index (κ1) is 12.2. The predicted octanol–water partition coefficient (Wildman–Crippen LogP) is 3.17. The van der Waals surface area contributed by atoms with Crippen LogP contribution in [0.2, 0.25) is 0 Å². The fourth-order valence-corrected chi connectivity index (χ4v) is 1.68. The van der Waals surface area contributed by atoms with Crippen molar-refractivity contribution in [3.8, 4) is 6.07 Å². The van der Waals surface area contributed by atoms with Gasteiger partial charge < -0.3 is 5.11 Å². The maximum absolute atomic E-state index is 13.4. The van der Waals surface area contributed by atoms with E-state index in [4.69, 9.17) is 5.26 Å². The van der Waals surface area contributed by atoms with Crippen molar-refractivity contribution in [3.63, 3.8) is 0 Å². The van der Waals surface area contributed by atoms with Crippen LogP contribution in [0.4, 0.5) is 4.39 Å². The second-order valence-electron chi connectivity index (χ2n) is 3.25. The monoisotopic (exact) mass is 271 g/mol. The second kappa shape index (κ2) is 5.24. The number of nitriles is 1. The number of aliphatic hydroxyl groups is 1. The Hall–Kier alpha value is -0.920. The Morgan fingerprint density at radius 1 is 1.60 bits per heavy atom. The Labute approximate surface area is 96.5 Å². The van der Waals surface area contributed by atoms with Crippen LogP contribution < -0.4 is 0 Å². The quantitative estimate of drug-likeness (QED) is 0.918. The minimum atomic E-state index is -1.06. The summed E-state index contributed by atoms with van der Waals surface area (Å²) in [4.78, 5) is 0. The Morgan fingerprint density at radius 3 is 2.73 bits per heavy atom. The minimum Gasteiger partial charge on any atom is -0.387 e. The zero-order valence-electron chi connectivity index (χ0n) is 8.24. The summed E-state index contributed by atoms with van der Waals surface area (Å²) in [5.41, 5.74) is 0.173. The van der Waals surface area contributed by atoms with Gasteiger partial charge in [-0.3, -0.25) is 0 Å². The van der Waals surface area contributed by atoms with E-state index in [1.165, 1.54) is 12.1 Å². The molecule has 2 nitrogen and oxygen atoms in total. The van der Waals surface area contributed by atoms with Crippen molar-refractivity contribution in [2.24, 2.45) is 5.92 Å². The Morgan fingerprint density at radius 2 is 2.27 bits per heavy atom. The molecule has 0 aliphatic heterocycles. The highest BCUT2D eigenvalue weighted by Gasteiger charge is 2.21. The largest absolute Gasteiger partial charge is 0.387 e. The topological polar surface area (TPSA) is 44.0 Å². The summed E-state index contributed by atoms with van der Waals surface area (Å²) >= 11 is 3.13. The van der Waals surface area contributed by atoms with E-state index >= 15 is 0 Å². The van der Waals surface area contributed by atoms with Crippen LogP contribution in [0, 0.1) is 23.1 Å². The van der Waals surface area contributed by atoms with Gasteiger partial charge in [-0.15, -0.1) is 0 Å². The lowest BCUT2D eigenvalue weighted by molar-refractivity contribution is 0.128. The number of aliphatic hydroxyl groups excluding tert-OH is 1. The first-order chi connectivity index (χ1) is 7.10. The first-order valence-electron chi connectivity index (χ1n) is 4.62. The first-order valence-corrected chi connectivity index (χ1v) is 5.42. The predicted molar refractivity (Wildman–Crippen MR) is 58.5 cm³/mol. The summed E-state index contributed by atoms with van der Waals surface area (Å²) < 4.78 is 14.0. The zero-order valence-corrected chi connectivity index (χ0v) is 9.83. The molecule has 1 N–H and O–H groups in total. The molecule has 2 atom stereocenters. The van der Waals surface area contributed by atoms with Crippen molar-refractivity contribution >= 4 is 15.9 Å². The van der Waals surface area contributed by atoms with Crippen LogP contribution >= 0.6 is 15.9 Å². The average molecular weight is 272 g/mol. The third kappa shape index (κ3) is 2.77. The zero-order chi connectivity index (χ0) is 11.4. The maximum Gasteiger partial charge on any atom is 0.130 e. The minimum absolute atomic E-state index is 0.173. The van der Waals surface area contributed by atoms with Gasteiger partial charge in [0.15, 0.2) is 0 Å². The third-order valence-electron chi connectivity index (χ3n) is 2.27. The lowest BCUT2D eigenvalue weighted by Gasteiger charge is -2.15. The van der Waals surface area contributed by atoms with E-state index in [0.29, 0.717) is 10.9 Å². The molecule has 1 rings (SSSR count). The van der Waals surface area contributed by atoms with Crippen LogP contribution in [0.3, 0.4) is 0 Å². The fraction of sp³-hybridized carbons (Fsp3) is 0.364. The van der Waals surface area contributed by atoms with E-state index in [9.17, 15) is 9.50 Å². The van der Waals surface area contributed by atoms with Crippen molar-refractivity contribution < 1.29 is 9.50 Å². The molecule has 0 amide bonds. The van der Waals surface area contributed by atoms with Crippen molar-refractivity contribution in [2.45, 2.75) is 19.4 Å². The van der Waals surface area contributed by atoms with Gasteiger partial charge in [-0.2, -0.15) is 5.26 Å². The molecule has 4 heteroatoms. The van der Waals surface area contributed by atoms with Crippen LogP contribution in [-0.2, 0) is 0 Å². The summed E-state index contributed by atoms with van der Waals surface area (Å²) in [5.74, 6) is -1.06. The number of rotatable bonds is 3. The van der Waals surface area contributed by atoms with E-state index in [1.54, 1.807) is 13.0 Å². The molecule has 0 fully saturated rings. The number of hydrogen-bond donors (Lipinski definition) is 1. The average Bonchev–Trinajstić information content (AvgIpc) is 2.19. The van der Waals surface area contributed by atoms with E-state index in [-0.39, 0.29) is 5.56 Å². The smallest absolute Gasteiger partial charge is 0.130 e. The molecule has 1 aromatic carbocycles. The summed E-state index contributed by atoms with van der Waals surface area (Å²) in [6.45, 7) is 1.79. The van der Waals surface area contributed by atoms with Crippen LogP contribution in [0.15, 0.2) is 22.7 Å². The van der Waals surface area contributed by atoms with Gasteiger partial charge in [0, 0.05) is 10.0 Å². The lowest BCUT2D eigenvalue weighted by Crippen LogP contribution is -2.11. The summed E-state index contributed by atoms with van der Waals surface area (Å²) in [5, 5.41) is 18.5. The van der Waals surface area contributed by atoms with Crippen molar-refractivity contribution in [3.05, 3.63) is 34.1 Å². The van der Waals surface area contributed by atoms with Gasteiger partial charge in [0.05, 0.1) is 18.1 Å². The van der Waals surface area contributed by atoms with Crippen molar-refractivity contribution in [1.29, 1.82) is 5.26 Å². The summed E-state index contributed by atoms with van der Waals surface area (Å²) in [6.07, 6.45) is -0.569. The highest BCUT2D eigenvalue weighted by atomic mass is 79.9. The van der Waals surface area contributed by atoms with Gasteiger partial charge >= 0.3 is 0 Å². The molecular formula is C11H11BrFNO. The summed E-state index contributed by atoms with van der Waals surface area (Å²) in [7, 11) is 0. The van der Waals surface area contributed by atoms with Gasteiger partial charge in [0.1, 0.15) is 5.82 Å². The molecular weight excluding hydrogens is 261 g/mol. The van der Waals surface area contributed by atoms with Gasteiger partial charge in [0.2, 0.25) is 0 Å². The van der Waals surface area contributed by atoms with Crippen molar-refractivity contribution in [2.75, 3.05) is 0 Å². The molecule has 0 aromatic heterocycles. The highest BCUT2D eigenvalue weighted by Crippen LogP contribution is 2.27. The van der Waals surface area contributed by atoms with E-state index in [0.717, 1.165) is 0 Å². The Bertz CT molecular complexity index is 389. The third-order valence-corrected chi connectivity index (χ3v) is 2.76. The van der Waals surface area contributed by atoms with Crippen LogP contribution in [0.25, 0.3) is 0 Å². The molecule has 0 radical (unpaired) electrons. The lowest BCUT2D eigenvalue weighted by atomic mass is 9.94. The fourth-order valence-electron chi connectivity index (χ4n) is 1.34. The van der Waals surface area contributed by atoms with Gasteiger partial charge in [0.25, 0.3) is 0 Å². The van der Waals surface area contributed by atoms with Crippen molar-refractivity contribution in [1.82, 2.24) is 0 Å². The van der Waals surface area contributed by atoms with E-state index in [1.807, 2.05) is 6.07 Å². The molecule has 15 heavy (non-hydrogen) atoms. The standard InChI is InChI=1S/C11H11BrFNO/c1-2-7(6-14)11(15)9-4-3-8(12)5-10(9)13/h3-5,7,11,15H,2H2,1H3. The molecule has 0 saturated heterocycles. The van der Waals surface area contributed by atoms with Crippen LogP contribution in [0.5, 0.6) is 0 Å². The molecule has 1 aromatic rings. The van der Waals surface area contributed by atoms with Crippen LogP contribution in [-0.4, -0.2) is 5.11 Å². The van der Waals surface area contributed by atoms with Gasteiger partial charge in [-0.25, -0.2) is 4.39 Å². The van der Waals surface area contributed by atoms with Gasteiger partial charge in [-0.05, 0) is 18.6 Å². The highest BCUT2D eigenvalue weighted by molar-refractivity contribution is 9.10. The molecule has 2 unspecified atom stereocenters. The van der Waals surface area contributed by atoms with Gasteiger partial charge in [-0.1, -0.05) is 28.9 Å². The second-order valence-corrected chi connectivity index (χ2v) is 4.17. The molecule has 0 aliphatic carbocycles.